The molecule has 2 aromatic rings. The summed E-state index contributed by atoms with van der Waals surface area (Å²) in [5.74, 6) is 1.08. The summed E-state index contributed by atoms with van der Waals surface area (Å²) in [5.41, 5.74) is 0. The predicted molar refractivity (Wildman–Crippen MR) is 87.7 cm³/mol. The Morgan fingerprint density at radius 2 is 2.00 bits per heavy atom. The highest BCUT2D eigenvalue weighted by Crippen LogP contribution is 2.24. The monoisotopic (exact) mass is 311 g/mol. The number of likely N-dealkylation sites (N-methyl/N-ethyl adjacent to an activating group) is 1. The Balaban J connectivity index is 1.89. The molecule has 0 amide bonds. The fourth-order valence-corrected chi connectivity index (χ4v) is 4.04. The third kappa shape index (κ3) is 5.19. The second-order valence-corrected chi connectivity index (χ2v) is 7.18. The van der Waals surface area contributed by atoms with Crippen molar-refractivity contribution in [3.05, 3.63) is 51.7 Å². The number of halogens is 1. The maximum atomic E-state index is 5.99. The summed E-state index contributed by atoms with van der Waals surface area (Å²) >= 11 is 9.57. The molecule has 19 heavy (non-hydrogen) atoms. The van der Waals surface area contributed by atoms with Gasteiger partial charge in [0.1, 0.15) is 0 Å². The third-order valence-electron chi connectivity index (χ3n) is 2.76. The summed E-state index contributed by atoms with van der Waals surface area (Å²) in [6, 6.07) is 15.2. The van der Waals surface area contributed by atoms with Gasteiger partial charge in [0.15, 0.2) is 0 Å². The van der Waals surface area contributed by atoms with E-state index in [9.17, 15) is 0 Å². The minimum Gasteiger partial charge on any atom is -0.313 e. The van der Waals surface area contributed by atoms with Gasteiger partial charge in [0.25, 0.3) is 0 Å². The average Bonchev–Trinajstić information content (AvgIpc) is 2.83. The molecule has 0 bridgehead atoms. The van der Waals surface area contributed by atoms with Crippen LogP contribution in [0.4, 0.5) is 0 Å². The summed E-state index contributed by atoms with van der Waals surface area (Å²) in [7, 11) is 0. The Bertz CT molecular complexity index is 484. The highest BCUT2D eigenvalue weighted by atomic mass is 35.5. The number of thioether (sulfide) groups is 1. The molecule has 0 radical (unpaired) electrons. The van der Waals surface area contributed by atoms with E-state index in [0.717, 1.165) is 23.1 Å². The standard InChI is InChI=1S/C15H18ClNS2/c1-2-17-12(10-14-8-9-15(16)19-14)11-18-13-6-4-3-5-7-13/h3-9,12,17H,2,10-11H2,1H3. The zero-order valence-corrected chi connectivity index (χ0v) is 13.3. The van der Waals surface area contributed by atoms with Gasteiger partial charge in [0, 0.05) is 21.6 Å². The van der Waals surface area contributed by atoms with Crippen molar-refractivity contribution in [1.29, 1.82) is 0 Å². The first-order valence-electron chi connectivity index (χ1n) is 6.43. The second kappa shape index (κ2) is 7.95. The fraction of sp³-hybridized carbons (Fsp3) is 0.333. The van der Waals surface area contributed by atoms with Crippen molar-refractivity contribution >= 4 is 34.7 Å². The van der Waals surface area contributed by atoms with Crippen LogP contribution in [-0.4, -0.2) is 18.3 Å². The van der Waals surface area contributed by atoms with E-state index in [1.807, 2.05) is 17.8 Å². The van der Waals surface area contributed by atoms with Crippen molar-refractivity contribution in [2.45, 2.75) is 24.3 Å². The molecule has 0 saturated heterocycles. The summed E-state index contributed by atoms with van der Waals surface area (Å²) in [5, 5.41) is 3.55. The molecule has 1 aromatic heterocycles. The second-order valence-electron chi connectivity index (χ2n) is 4.29. The molecule has 1 heterocycles. The minimum absolute atomic E-state index is 0.491. The SMILES string of the molecule is CCNC(CSc1ccccc1)Cc1ccc(Cl)s1. The normalized spacial score (nSPS) is 12.5. The first-order chi connectivity index (χ1) is 9.28. The van der Waals surface area contributed by atoms with E-state index in [1.54, 1.807) is 11.3 Å². The number of benzene rings is 1. The van der Waals surface area contributed by atoms with Gasteiger partial charge in [-0.15, -0.1) is 23.1 Å². The van der Waals surface area contributed by atoms with E-state index in [4.69, 9.17) is 11.6 Å². The van der Waals surface area contributed by atoms with Gasteiger partial charge in [0.2, 0.25) is 0 Å². The summed E-state index contributed by atoms with van der Waals surface area (Å²) in [6.45, 7) is 3.15. The van der Waals surface area contributed by atoms with Crippen molar-refractivity contribution in [2.24, 2.45) is 0 Å². The lowest BCUT2D eigenvalue weighted by Gasteiger charge is -2.16. The molecule has 1 atom stereocenters. The van der Waals surface area contributed by atoms with E-state index in [-0.39, 0.29) is 0 Å². The van der Waals surface area contributed by atoms with Gasteiger partial charge >= 0.3 is 0 Å². The number of hydrogen-bond acceptors (Lipinski definition) is 3. The number of thiophene rings is 1. The molecular weight excluding hydrogens is 294 g/mol. The Morgan fingerprint density at radius 1 is 1.21 bits per heavy atom. The van der Waals surface area contributed by atoms with Crippen LogP contribution in [-0.2, 0) is 6.42 Å². The van der Waals surface area contributed by atoms with E-state index in [2.05, 4.69) is 48.6 Å². The van der Waals surface area contributed by atoms with Gasteiger partial charge in [-0.25, -0.2) is 0 Å². The van der Waals surface area contributed by atoms with Crippen LogP contribution in [0.25, 0.3) is 0 Å². The molecule has 1 nitrogen and oxygen atoms in total. The first-order valence-corrected chi connectivity index (χ1v) is 8.61. The number of nitrogens with one attached hydrogen (secondary N) is 1. The van der Waals surface area contributed by atoms with Crippen LogP contribution in [0.5, 0.6) is 0 Å². The van der Waals surface area contributed by atoms with Crippen molar-refractivity contribution in [2.75, 3.05) is 12.3 Å². The molecular formula is C15H18ClNS2. The zero-order chi connectivity index (χ0) is 13.5. The molecule has 0 aliphatic heterocycles. The Morgan fingerprint density at radius 3 is 2.63 bits per heavy atom. The van der Waals surface area contributed by atoms with Gasteiger partial charge in [-0.3, -0.25) is 0 Å². The highest BCUT2D eigenvalue weighted by molar-refractivity contribution is 7.99. The molecule has 0 fully saturated rings. The summed E-state index contributed by atoms with van der Waals surface area (Å²) < 4.78 is 0.876. The highest BCUT2D eigenvalue weighted by Gasteiger charge is 2.10. The van der Waals surface area contributed by atoms with Gasteiger partial charge < -0.3 is 5.32 Å². The predicted octanol–water partition coefficient (Wildman–Crippen LogP) is 4.71. The Labute approximate surface area is 128 Å². The van der Waals surface area contributed by atoms with E-state index in [0.29, 0.717) is 6.04 Å². The quantitative estimate of drug-likeness (QED) is 0.743. The van der Waals surface area contributed by atoms with E-state index < -0.39 is 0 Å². The lowest BCUT2D eigenvalue weighted by molar-refractivity contribution is 0.576. The van der Waals surface area contributed by atoms with Gasteiger partial charge in [-0.05, 0) is 37.2 Å². The minimum atomic E-state index is 0.491. The van der Waals surface area contributed by atoms with Crippen LogP contribution in [0.3, 0.4) is 0 Å². The lowest BCUT2D eigenvalue weighted by Crippen LogP contribution is -2.32. The topological polar surface area (TPSA) is 12.0 Å². The van der Waals surface area contributed by atoms with E-state index >= 15 is 0 Å². The molecule has 1 N–H and O–H groups in total. The molecule has 0 aliphatic carbocycles. The Kier molecular flexibility index (Phi) is 6.24. The third-order valence-corrected chi connectivity index (χ3v) is 5.19. The van der Waals surface area contributed by atoms with Crippen LogP contribution in [0.15, 0.2) is 47.4 Å². The van der Waals surface area contributed by atoms with Crippen molar-refractivity contribution in [1.82, 2.24) is 5.32 Å². The molecule has 2 rings (SSSR count). The number of hydrogen-bond donors (Lipinski definition) is 1. The zero-order valence-electron chi connectivity index (χ0n) is 10.9. The van der Waals surface area contributed by atoms with Crippen LogP contribution >= 0.6 is 34.7 Å². The van der Waals surface area contributed by atoms with Crippen molar-refractivity contribution < 1.29 is 0 Å². The smallest absolute Gasteiger partial charge is 0.0931 e. The molecule has 0 aliphatic rings. The molecule has 102 valence electrons. The van der Waals surface area contributed by atoms with Gasteiger partial charge in [0.05, 0.1) is 4.34 Å². The molecule has 0 saturated carbocycles. The van der Waals surface area contributed by atoms with Crippen LogP contribution in [0, 0.1) is 0 Å². The maximum absolute atomic E-state index is 5.99. The average molecular weight is 312 g/mol. The largest absolute Gasteiger partial charge is 0.313 e. The van der Waals surface area contributed by atoms with Crippen LogP contribution in [0.1, 0.15) is 11.8 Å². The molecule has 0 spiro atoms. The fourth-order valence-electron chi connectivity index (χ4n) is 1.90. The molecule has 1 aromatic carbocycles. The lowest BCUT2D eigenvalue weighted by atomic mass is 10.2. The van der Waals surface area contributed by atoms with E-state index in [1.165, 1.54) is 9.77 Å². The van der Waals surface area contributed by atoms with Crippen LogP contribution < -0.4 is 5.32 Å². The summed E-state index contributed by atoms with van der Waals surface area (Å²) in [4.78, 5) is 2.68. The molecule has 4 heteroatoms. The number of rotatable bonds is 7. The summed E-state index contributed by atoms with van der Waals surface area (Å²) in [6.07, 6.45) is 1.05. The van der Waals surface area contributed by atoms with Crippen LogP contribution in [0.2, 0.25) is 4.34 Å². The van der Waals surface area contributed by atoms with Crippen molar-refractivity contribution in [3.8, 4) is 0 Å². The van der Waals surface area contributed by atoms with Gasteiger partial charge in [-0.1, -0.05) is 36.7 Å². The first kappa shape index (κ1) is 14.9. The maximum Gasteiger partial charge on any atom is 0.0931 e. The molecule has 1 unspecified atom stereocenters. The van der Waals surface area contributed by atoms with Crippen molar-refractivity contribution in [3.63, 3.8) is 0 Å². The van der Waals surface area contributed by atoms with Gasteiger partial charge in [-0.2, -0.15) is 0 Å². The Hall–Kier alpha value is -0.480.